The Hall–Kier alpha value is -2.40. The molecule has 1 heterocycles. The largest absolute Gasteiger partial charge is 0.384 e. The third-order valence-corrected chi connectivity index (χ3v) is 3.16. The molecular formula is C16H19N3O2. The summed E-state index contributed by atoms with van der Waals surface area (Å²) in [7, 11) is 0. The van der Waals surface area contributed by atoms with Crippen LogP contribution in [0.15, 0.2) is 54.9 Å². The van der Waals surface area contributed by atoms with Gasteiger partial charge in [-0.2, -0.15) is 0 Å². The van der Waals surface area contributed by atoms with Crippen molar-refractivity contribution in [1.82, 2.24) is 15.6 Å². The van der Waals surface area contributed by atoms with Gasteiger partial charge in [-0.05, 0) is 24.1 Å². The Morgan fingerprint density at radius 3 is 2.62 bits per heavy atom. The predicted molar refractivity (Wildman–Crippen MR) is 80.5 cm³/mol. The number of rotatable bonds is 5. The minimum atomic E-state index is -1.10. The molecule has 0 saturated heterocycles. The summed E-state index contributed by atoms with van der Waals surface area (Å²) in [4.78, 5) is 15.7. The number of amides is 2. The highest BCUT2D eigenvalue weighted by Crippen LogP contribution is 2.18. The molecule has 0 aliphatic carbocycles. The van der Waals surface area contributed by atoms with Crippen LogP contribution in [0.2, 0.25) is 0 Å². The number of carbonyl (C=O) groups is 1. The molecule has 5 nitrogen and oxygen atoms in total. The molecular weight excluding hydrogens is 266 g/mol. The predicted octanol–water partition coefficient (Wildman–Crippen LogP) is 1.79. The summed E-state index contributed by atoms with van der Waals surface area (Å²) in [5, 5.41) is 15.8. The second kappa shape index (κ2) is 6.85. The van der Waals surface area contributed by atoms with E-state index in [1.807, 2.05) is 42.5 Å². The first-order valence-electron chi connectivity index (χ1n) is 6.76. The van der Waals surface area contributed by atoms with Crippen LogP contribution < -0.4 is 10.6 Å². The lowest BCUT2D eigenvalue weighted by Crippen LogP contribution is -2.43. The third-order valence-electron chi connectivity index (χ3n) is 3.16. The van der Waals surface area contributed by atoms with E-state index in [0.29, 0.717) is 6.54 Å². The summed E-state index contributed by atoms with van der Waals surface area (Å²) in [6.45, 7) is 2.20. The Kier molecular flexibility index (Phi) is 4.90. The quantitative estimate of drug-likeness (QED) is 0.784. The average molecular weight is 285 g/mol. The summed E-state index contributed by atoms with van der Waals surface area (Å²) in [5.74, 6) is 0. The van der Waals surface area contributed by atoms with Gasteiger partial charge >= 0.3 is 6.03 Å². The van der Waals surface area contributed by atoms with Crippen LogP contribution in [0.4, 0.5) is 4.79 Å². The lowest BCUT2D eigenvalue weighted by Gasteiger charge is -2.24. The van der Waals surface area contributed by atoms with Gasteiger partial charge in [-0.15, -0.1) is 0 Å². The Labute approximate surface area is 124 Å². The minimum Gasteiger partial charge on any atom is -0.384 e. The Morgan fingerprint density at radius 1 is 1.19 bits per heavy atom. The van der Waals surface area contributed by atoms with Crippen molar-refractivity contribution in [2.75, 3.05) is 6.54 Å². The highest BCUT2D eigenvalue weighted by molar-refractivity contribution is 5.73. The van der Waals surface area contributed by atoms with E-state index in [4.69, 9.17) is 0 Å². The summed E-state index contributed by atoms with van der Waals surface area (Å²) >= 11 is 0. The smallest absolute Gasteiger partial charge is 0.315 e. The molecule has 2 rings (SSSR count). The standard InChI is InChI=1S/C16H19N3O2/c1-16(21,14-7-3-2-4-8-14)12-19-15(20)18-11-13-6-5-9-17-10-13/h2-10,21H,11-12H2,1H3,(H2,18,19,20). The normalized spacial score (nSPS) is 13.2. The van der Waals surface area contributed by atoms with Crippen LogP contribution >= 0.6 is 0 Å². The molecule has 2 amide bonds. The number of hydrogen-bond donors (Lipinski definition) is 3. The summed E-state index contributed by atoms with van der Waals surface area (Å²) in [5.41, 5.74) is 0.576. The zero-order valence-electron chi connectivity index (χ0n) is 11.9. The molecule has 1 atom stereocenters. The fourth-order valence-electron chi connectivity index (χ4n) is 1.90. The van der Waals surface area contributed by atoms with Crippen molar-refractivity contribution in [3.8, 4) is 0 Å². The fraction of sp³-hybridized carbons (Fsp3) is 0.250. The van der Waals surface area contributed by atoms with E-state index in [2.05, 4.69) is 15.6 Å². The van der Waals surface area contributed by atoms with Gasteiger partial charge in [0.2, 0.25) is 0 Å². The molecule has 1 aromatic carbocycles. The Bertz CT molecular complexity index is 571. The highest BCUT2D eigenvalue weighted by Gasteiger charge is 2.23. The number of hydrogen-bond acceptors (Lipinski definition) is 3. The molecule has 21 heavy (non-hydrogen) atoms. The monoisotopic (exact) mass is 285 g/mol. The van der Waals surface area contributed by atoms with E-state index in [1.165, 1.54) is 0 Å². The van der Waals surface area contributed by atoms with Gasteiger partial charge in [-0.25, -0.2) is 4.79 Å². The first-order chi connectivity index (χ1) is 10.1. The van der Waals surface area contributed by atoms with Crippen LogP contribution in [-0.4, -0.2) is 22.7 Å². The molecule has 0 aliphatic rings. The van der Waals surface area contributed by atoms with Crippen molar-refractivity contribution < 1.29 is 9.90 Å². The van der Waals surface area contributed by atoms with E-state index in [0.717, 1.165) is 11.1 Å². The SMILES string of the molecule is CC(O)(CNC(=O)NCc1cccnc1)c1ccccc1. The van der Waals surface area contributed by atoms with E-state index in [-0.39, 0.29) is 12.6 Å². The first-order valence-corrected chi connectivity index (χ1v) is 6.76. The van der Waals surface area contributed by atoms with Gasteiger partial charge in [-0.1, -0.05) is 36.4 Å². The molecule has 2 aromatic rings. The molecule has 0 spiro atoms. The van der Waals surface area contributed by atoms with Crippen LogP contribution in [0.1, 0.15) is 18.1 Å². The second-order valence-electron chi connectivity index (χ2n) is 5.04. The van der Waals surface area contributed by atoms with Gasteiger partial charge < -0.3 is 15.7 Å². The number of aliphatic hydroxyl groups is 1. The van der Waals surface area contributed by atoms with Crippen LogP contribution in [0.3, 0.4) is 0 Å². The highest BCUT2D eigenvalue weighted by atomic mass is 16.3. The molecule has 0 saturated carbocycles. The van der Waals surface area contributed by atoms with Gasteiger partial charge in [0.05, 0.1) is 6.54 Å². The minimum absolute atomic E-state index is 0.135. The zero-order chi connectivity index (χ0) is 15.1. The Balaban J connectivity index is 1.81. The number of nitrogens with one attached hydrogen (secondary N) is 2. The van der Waals surface area contributed by atoms with Crippen LogP contribution in [-0.2, 0) is 12.1 Å². The lowest BCUT2D eigenvalue weighted by molar-refractivity contribution is 0.0594. The zero-order valence-corrected chi connectivity index (χ0v) is 11.9. The van der Waals surface area contributed by atoms with Crippen LogP contribution in [0, 0.1) is 0 Å². The number of urea groups is 1. The molecule has 3 N–H and O–H groups in total. The molecule has 0 bridgehead atoms. The van der Waals surface area contributed by atoms with E-state index in [1.54, 1.807) is 19.3 Å². The molecule has 0 fully saturated rings. The molecule has 110 valence electrons. The van der Waals surface area contributed by atoms with Gasteiger partial charge in [0.15, 0.2) is 0 Å². The van der Waals surface area contributed by atoms with E-state index < -0.39 is 5.60 Å². The Morgan fingerprint density at radius 2 is 1.95 bits per heavy atom. The number of nitrogens with zero attached hydrogens (tertiary/aromatic N) is 1. The van der Waals surface area contributed by atoms with Crippen molar-refractivity contribution in [1.29, 1.82) is 0 Å². The summed E-state index contributed by atoms with van der Waals surface area (Å²) < 4.78 is 0. The van der Waals surface area contributed by atoms with Crippen molar-refractivity contribution in [3.63, 3.8) is 0 Å². The number of pyridine rings is 1. The number of carbonyl (C=O) groups excluding carboxylic acids is 1. The maximum atomic E-state index is 11.7. The van der Waals surface area contributed by atoms with Crippen LogP contribution in [0.25, 0.3) is 0 Å². The van der Waals surface area contributed by atoms with Crippen molar-refractivity contribution in [2.24, 2.45) is 0 Å². The number of benzene rings is 1. The van der Waals surface area contributed by atoms with E-state index >= 15 is 0 Å². The molecule has 1 unspecified atom stereocenters. The maximum Gasteiger partial charge on any atom is 0.315 e. The fourth-order valence-corrected chi connectivity index (χ4v) is 1.90. The molecule has 5 heteroatoms. The summed E-state index contributed by atoms with van der Waals surface area (Å²) in [6.07, 6.45) is 3.38. The average Bonchev–Trinajstić information content (AvgIpc) is 2.53. The topological polar surface area (TPSA) is 74.2 Å². The third kappa shape index (κ3) is 4.57. The van der Waals surface area contributed by atoms with Crippen molar-refractivity contribution in [2.45, 2.75) is 19.1 Å². The lowest BCUT2D eigenvalue weighted by atomic mass is 9.96. The van der Waals surface area contributed by atoms with Gasteiger partial charge in [0.25, 0.3) is 0 Å². The second-order valence-corrected chi connectivity index (χ2v) is 5.04. The van der Waals surface area contributed by atoms with Gasteiger partial charge in [-0.3, -0.25) is 4.98 Å². The molecule has 1 aromatic heterocycles. The van der Waals surface area contributed by atoms with Crippen molar-refractivity contribution in [3.05, 3.63) is 66.0 Å². The van der Waals surface area contributed by atoms with Gasteiger partial charge in [0, 0.05) is 18.9 Å². The number of aromatic nitrogens is 1. The summed E-state index contributed by atoms with van der Waals surface area (Å²) in [6, 6.07) is 12.6. The van der Waals surface area contributed by atoms with Crippen LogP contribution in [0.5, 0.6) is 0 Å². The first kappa shape index (κ1) is 15.0. The maximum absolute atomic E-state index is 11.7. The van der Waals surface area contributed by atoms with Crippen molar-refractivity contribution >= 4 is 6.03 Å². The molecule has 0 aliphatic heterocycles. The molecule has 0 radical (unpaired) electrons. The van der Waals surface area contributed by atoms with E-state index in [9.17, 15) is 9.90 Å². The van der Waals surface area contributed by atoms with Gasteiger partial charge in [0.1, 0.15) is 5.60 Å².